The molecular weight excluding hydrogens is 146 g/mol. The van der Waals surface area contributed by atoms with Gasteiger partial charge in [0.15, 0.2) is 5.65 Å². The van der Waals surface area contributed by atoms with Crippen molar-refractivity contribution in [1.29, 1.82) is 0 Å². The van der Waals surface area contributed by atoms with Crippen molar-refractivity contribution in [3.8, 4) is 5.88 Å². The summed E-state index contributed by atoms with van der Waals surface area (Å²) in [5.41, 5.74) is 7.69. The van der Waals surface area contributed by atoms with Gasteiger partial charge in [-0.2, -0.15) is 9.97 Å². The highest BCUT2D eigenvalue weighted by Crippen LogP contribution is 2.17. The fourth-order valence-electron chi connectivity index (χ4n) is 0.818. The number of H-pyrrole nitrogens is 1. The van der Waals surface area contributed by atoms with E-state index in [9.17, 15) is 0 Å². The second kappa shape index (κ2) is 1.82. The fraction of sp³-hybridized carbons (Fsp3) is 0. The molecule has 0 bridgehead atoms. The van der Waals surface area contributed by atoms with Crippen LogP contribution in [0.2, 0.25) is 0 Å². The Balaban J connectivity index is 2.91. The number of fused-ring (bicyclic) bond motifs is 1. The molecule has 2 heterocycles. The molecule has 11 heavy (non-hydrogen) atoms. The maximum Gasteiger partial charge on any atom is 0.247 e. The highest BCUT2D eigenvalue weighted by Gasteiger charge is 2.05. The van der Waals surface area contributed by atoms with Crippen LogP contribution in [-0.4, -0.2) is 25.0 Å². The number of hydrogen-bond donors (Lipinski definition) is 2. The lowest BCUT2D eigenvalue weighted by molar-refractivity contribution is 0.458. The minimum Gasteiger partial charge on any atom is -0.492 e. The molecule has 0 spiro atoms. The molecule has 3 N–H and O–H groups in total. The Hall–Kier alpha value is -1.85. The summed E-state index contributed by atoms with van der Waals surface area (Å²) in [4.78, 5) is 13.5. The predicted molar refractivity (Wildman–Crippen MR) is 36.1 cm³/mol. The molecule has 6 nitrogen and oxygen atoms in total. The van der Waals surface area contributed by atoms with Crippen molar-refractivity contribution in [1.82, 2.24) is 25.7 Å². The highest BCUT2D eigenvalue weighted by molar-refractivity contribution is 5.75. The van der Waals surface area contributed by atoms with E-state index in [-0.39, 0.29) is 11.8 Å². The van der Waals surface area contributed by atoms with Crippen LogP contribution in [-0.2, 0) is 0 Å². The van der Waals surface area contributed by atoms with Crippen LogP contribution in [0.3, 0.4) is 0 Å². The SMILES string of the molecule is [NH]c1nc(O)c2[nH]cnc2n1. The van der Waals surface area contributed by atoms with Crippen molar-refractivity contribution in [3.63, 3.8) is 0 Å². The number of nitrogens with zero attached hydrogens (tertiary/aromatic N) is 3. The maximum absolute atomic E-state index is 9.10. The molecule has 2 aromatic rings. The molecule has 2 aromatic heterocycles. The van der Waals surface area contributed by atoms with Crippen molar-refractivity contribution in [2.45, 2.75) is 0 Å². The minimum absolute atomic E-state index is 0.234. The largest absolute Gasteiger partial charge is 0.492 e. The zero-order valence-corrected chi connectivity index (χ0v) is 5.37. The summed E-state index contributed by atoms with van der Waals surface area (Å²) < 4.78 is 0. The number of aromatic hydroxyl groups is 1. The molecule has 0 saturated heterocycles. The van der Waals surface area contributed by atoms with Crippen molar-refractivity contribution in [2.75, 3.05) is 0 Å². The highest BCUT2D eigenvalue weighted by atomic mass is 16.3. The Morgan fingerprint density at radius 3 is 3.09 bits per heavy atom. The summed E-state index contributed by atoms with van der Waals surface area (Å²) in [6, 6.07) is 0. The Morgan fingerprint density at radius 1 is 1.45 bits per heavy atom. The van der Waals surface area contributed by atoms with Gasteiger partial charge in [0.25, 0.3) is 0 Å². The second-order valence-corrected chi connectivity index (χ2v) is 1.97. The lowest BCUT2D eigenvalue weighted by atomic mass is 10.5. The van der Waals surface area contributed by atoms with Gasteiger partial charge in [0, 0.05) is 0 Å². The molecule has 0 amide bonds. The Labute approximate surface area is 61.1 Å². The van der Waals surface area contributed by atoms with E-state index >= 15 is 0 Å². The summed E-state index contributed by atoms with van der Waals surface area (Å²) >= 11 is 0. The van der Waals surface area contributed by atoms with E-state index in [1.807, 2.05) is 0 Å². The van der Waals surface area contributed by atoms with Crippen LogP contribution in [0.15, 0.2) is 6.33 Å². The van der Waals surface area contributed by atoms with Gasteiger partial charge in [0.05, 0.1) is 6.33 Å². The lowest BCUT2D eigenvalue weighted by Gasteiger charge is -1.92. The maximum atomic E-state index is 9.10. The summed E-state index contributed by atoms with van der Waals surface area (Å²) in [6.07, 6.45) is 1.39. The van der Waals surface area contributed by atoms with Crippen molar-refractivity contribution >= 4 is 17.1 Å². The number of aromatic nitrogens is 4. The van der Waals surface area contributed by atoms with E-state index in [2.05, 4.69) is 19.9 Å². The topological polar surface area (TPSA) is 98.5 Å². The normalized spacial score (nSPS) is 10.5. The molecule has 2 rings (SSSR count). The molecular formula is C5H4N5O. The number of nitrogens with one attached hydrogen (secondary N) is 2. The zero-order valence-electron chi connectivity index (χ0n) is 5.37. The van der Waals surface area contributed by atoms with Gasteiger partial charge in [-0.15, -0.1) is 0 Å². The van der Waals surface area contributed by atoms with E-state index in [1.165, 1.54) is 6.33 Å². The van der Waals surface area contributed by atoms with E-state index in [4.69, 9.17) is 10.8 Å². The van der Waals surface area contributed by atoms with Crippen LogP contribution < -0.4 is 5.73 Å². The van der Waals surface area contributed by atoms with Crippen LogP contribution in [0, 0.1) is 0 Å². The van der Waals surface area contributed by atoms with Crippen molar-refractivity contribution < 1.29 is 5.11 Å². The first-order valence-corrected chi connectivity index (χ1v) is 2.89. The predicted octanol–water partition coefficient (Wildman–Crippen LogP) is -0.0271. The van der Waals surface area contributed by atoms with E-state index in [0.717, 1.165) is 0 Å². The number of hydrogen-bond acceptors (Lipinski definition) is 4. The molecule has 0 saturated carbocycles. The number of imidazole rings is 1. The molecule has 0 aliphatic rings. The lowest BCUT2D eigenvalue weighted by Crippen LogP contribution is -1.85. The molecule has 0 aromatic carbocycles. The molecule has 0 unspecified atom stereocenters. The third-order valence-electron chi connectivity index (χ3n) is 1.27. The molecule has 1 radical (unpaired) electrons. The van der Waals surface area contributed by atoms with E-state index in [1.54, 1.807) is 0 Å². The molecule has 6 heteroatoms. The second-order valence-electron chi connectivity index (χ2n) is 1.97. The van der Waals surface area contributed by atoms with Gasteiger partial charge in [-0.05, 0) is 0 Å². The first kappa shape index (κ1) is 5.90. The first-order chi connectivity index (χ1) is 5.27. The van der Waals surface area contributed by atoms with Gasteiger partial charge in [-0.1, -0.05) is 0 Å². The summed E-state index contributed by atoms with van der Waals surface area (Å²) in [7, 11) is 0. The number of aromatic amines is 1. The average molecular weight is 150 g/mol. The molecule has 0 fully saturated rings. The number of rotatable bonds is 0. The smallest absolute Gasteiger partial charge is 0.247 e. The molecule has 0 aliphatic heterocycles. The standard InChI is InChI=1S/C5H4N5O/c6-5-9-3-2(4(11)10-5)7-1-8-3/h1,6H,(H2,7,8,9,10,11). The Kier molecular flexibility index (Phi) is 0.974. The fourth-order valence-corrected chi connectivity index (χ4v) is 0.818. The summed E-state index contributed by atoms with van der Waals surface area (Å²) in [5, 5.41) is 9.10. The average Bonchev–Trinajstić information content (AvgIpc) is 2.34. The van der Waals surface area contributed by atoms with Crippen LogP contribution in [0.5, 0.6) is 5.88 Å². The monoisotopic (exact) mass is 150 g/mol. The van der Waals surface area contributed by atoms with Crippen LogP contribution in [0.4, 0.5) is 5.95 Å². The first-order valence-electron chi connectivity index (χ1n) is 2.89. The zero-order chi connectivity index (χ0) is 7.84. The van der Waals surface area contributed by atoms with Crippen LogP contribution in [0.25, 0.3) is 11.2 Å². The van der Waals surface area contributed by atoms with E-state index in [0.29, 0.717) is 11.2 Å². The molecule has 0 atom stereocenters. The summed E-state index contributed by atoms with van der Waals surface area (Å²) in [6.45, 7) is 0. The summed E-state index contributed by atoms with van der Waals surface area (Å²) in [5.74, 6) is -0.473. The minimum atomic E-state index is -0.238. The van der Waals surface area contributed by atoms with Gasteiger partial charge in [0.2, 0.25) is 11.8 Å². The van der Waals surface area contributed by atoms with Crippen LogP contribution >= 0.6 is 0 Å². The Bertz CT molecular complexity index is 395. The van der Waals surface area contributed by atoms with Gasteiger partial charge in [0.1, 0.15) is 5.52 Å². The molecule has 55 valence electrons. The van der Waals surface area contributed by atoms with Crippen molar-refractivity contribution in [2.24, 2.45) is 0 Å². The molecule has 0 aliphatic carbocycles. The van der Waals surface area contributed by atoms with Crippen molar-refractivity contribution in [3.05, 3.63) is 6.33 Å². The third-order valence-corrected chi connectivity index (χ3v) is 1.27. The van der Waals surface area contributed by atoms with Gasteiger partial charge in [-0.25, -0.2) is 4.98 Å². The van der Waals surface area contributed by atoms with E-state index < -0.39 is 0 Å². The third kappa shape index (κ3) is 0.759. The van der Waals surface area contributed by atoms with Gasteiger partial charge >= 0.3 is 0 Å². The van der Waals surface area contributed by atoms with Gasteiger partial charge < -0.3 is 10.1 Å². The Morgan fingerprint density at radius 2 is 2.27 bits per heavy atom. The quantitative estimate of drug-likeness (QED) is 0.550. The van der Waals surface area contributed by atoms with Gasteiger partial charge in [-0.3, -0.25) is 5.73 Å². The van der Waals surface area contributed by atoms with Crippen LogP contribution in [0.1, 0.15) is 0 Å².